The van der Waals surface area contributed by atoms with E-state index in [0.29, 0.717) is 29.3 Å². The second-order valence-corrected chi connectivity index (χ2v) is 7.44. The molecule has 1 aliphatic carbocycles. The Labute approximate surface area is 171 Å². The van der Waals surface area contributed by atoms with Crippen molar-refractivity contribution in [2.75, 3.05) is 0 Å². The number of aromatic nitrogens is 2. The molecule has 0 saturated carbocycles. The van der Waals surface area contributed by atoms with Crippen molar-refractivity contribution in [1.82, 2.24) is 15.0 Å². The Morgan fingerprint density at radius 2 is 1.83 bits per heavy atom. The van der Waals surface area contributed by atoms with Gasteiger partial charge in [-0.3, -0.25) is 14.5 Å². The Morgan fingerprint density at radius 1 is 1.21 bits per heavy atom. The van der Waals surface area contributed by atoms with E-state index in [2.05, 4.69) is 10.1 Å². The van der Waals surface area contributed by atoms with E-state index < -0.39 is 12.0 Å². The molecular weight excluding hydrogens is 398 g/mol. The quantitative estimate of drug-likeness (QED) is 0.420. The van der Waals surface area contributed by atoms with Crippen LogP contribution < -0.4 is 0 Å². The number of esters is 1. The van der Waals surface area contributed by atoms with E-state index >= 15 is 0 Å². The van der Waals surface area contributed by atoms with Gasteiger partial charge in [-0.25, -0.2) is 4.79 Å². The summed E-state index contributed by atoms with van der Waals surface area (Å²) >= 11 is 5.86. The third-order valence-corrected chi connectivity index (χ3v) is 5.43. The second kappa shape index (κ2) is 7.79. The molecule has 1 saturated heterocycles. The van der Waals surface area contributed by atoms with Crippen LogP contribution in [0.3, 0.4) is 0 Å². The van der Waals surface area contributed by atoms with E-state index in [1.807, 2.05) is 12.2 Å². The molecule has 0 N–H and O–H groups in total. The van der Waals surface area contributed by atoms with Crippen LogP contribution in [0.1, 0.15) is 25.7 Å². The fraction of sp³-hybridized carbons (Fsp3) is 0.350. The molecule has 2 heterocycles. The maximum atomic E-state index is 12.6. The zero-order chi connectivity index (χ0) is 20.5. The number of likely N-dealkylation sites (tertiary alicyclic amines) is 1. The Bertz CT molecular complexity index is 958. The summed E-state index contributed by atoms with van der Waals surface area (Å²) in [6.07, 6.45) is 4.82. The van der Waals surface area contributed by atoms with Crippen molar-refractivity contribution in [2.45, 2.75) is 32.4 Å². The van der Waals surface area contributed by atoms with Crippen molar-refractivity contribution in [3.8, 4) is 11.4 Å². The van der Waals surface area contributed by atoms with Gasteiger partial charge < -0.3 is 9.26 Å². The number of carbonyl (C=O) groups is 3. The van der Waals surface area contributed by atoms with Crippen molar-refractivity contribution >= 4 is 29.4 Å². The van der Waals surface area contributed by atoms with E-state index in [-0.39, 0.29) is 36.1 Å². The van der Waals surface area contributed by atoms with Gasteiger partial charge in [0.15, 0.2) is 6.61 Å². The van der Waals surface area contributed by atoms with E-state index in [0.717, 1.165) is 4.90 Å². The summed E-state index contributed by atoms with van der Waals surface area (Å²) in [5.41, 5.74) is 0.702. The predicted molar refractivity (Wildman–Crippen MR) is 101 cm³/mol. The van der Waals surface area contributed by atoms with Crippen LogP contribution >= 0.6 is 11.6 Å². The Hall–Kier alpha value is -3.00. The van der Waals surface area contributed by atoms with Gasteiger partial charge in [-0.05, 0) is 44.0 Å². The highest BCUT2D eigenvalue weighted by Gasteiger charge is 2.50. The first kappa shape index (κ1) is 19.3. The van der Waals surface area contributed by atoms with Crippen LogP contribution in [0.25, 0.3) is 11.4 Å². The largest absolute Gasteiger partial charge is 0.454 e. The Kier molecular flexibility index (Phi) is 5.19. The summed E-state index contributed by atoms with van der Waals surface area (Å²) in [4.78, 5) is 42.8. The van der Waals surface area contributed by atoms with Crippen molar-refractivity contribution in [2.24, 2.45) is 11.8 Å². The van der Waals surface area contributed by atoms with Crippen molar-refractivity contribution < 1.29 is 23.6 Å². The minimum atomic E-state index is -1.01. The Balaban J connectivity index is 1.38. The third-order valence-electron chi connectivity index (χ3n) is 5.18. The van der Waals surface area contributed by atoms with Crippen molar-refractivity contribution in [3.63, 3.8) is 0 Å². The fourth-order valence-electron chi connectivity index (χ4n) is 3.60. The van der Waals surface area contributed by atoms with E-state index in [9.17, 15) is 14.4 Å². The minimum absolute atomic E-state index is 0.104. The number of nitrogens with zero attached hydrogens (tertiary/aromatic N) is 3. The normalized spacial score (nSPS) is 21.9. The SMILES string of the molecule is C[C@@H](C(=O)OCc1nc(-c2ccc(Cl)cc2)no1)N1C(=O)[C@H]2CC=CC[C@H]2C1=O. The van der Waals surface area contributed by atoms with Gasteiger partial charge in [-0.2, -0.15) is 4.98 Å². The highest BCUT2D eigenvalue weighted by Crippen LogP contribution is 2.36. The van der Waals surface area contributed by atoms with Gasteiger partial charge in [0.1, 0.15) is 6.04 Å². The molecule has 9 heteroatoms. The third kappa shape index (κ3) is 3.67. The molecule has 8 nitrogen and oxygen atoms in total. The van der Waals surface area contributed by atoms with Crippen LogP contribution in [-0.2, 0) is 25.7 Å². The first-order chi connectivity index (χ1) is 14.0. The van der Waals surface area contributed by atoms with Gasteiger partial charge in [0.25, 0.3) is 5.89 Å². The lowest BCUT2D eigenvalue weighted by Gasteiger charge is -2.21. The molecule has 0 unspecified atom stereocenters. The molecule has 1 aromatic carbocycles. The smallest absolute Gasteiger partial charge is 0.329 e. The van der Waals surface area contributed by atoms with E-state index in [1.54, 1.807) is 24.3 Å². The number of carbonyl (C=O) groups excluding carboxylic acids is 3. The fourth-order valence-corrected chi connectivity index (χ4v) is 3.72. The number of ether oxygens (including phenoxy) is 1. The summed E-state index contributed by atoms with van der Waals surface area (Å²) in [7, 11) is 0. The summed E-state index contributed by atoms with van der Waals surface area (Å²) in [5, 5.41) is 4.43. The Morgan fingerprint density at radius 3 is 2.45 bits per heavy atom. The highest BCUT2D eigenvalue weighted by atomic mass is 35.5. The van der Waals surface area contributed by atoms with Crippen LogP contribution in [0.15, 0.2) is 40.9 Å². The zero-order valence-electron chi connectivity index (χ0n) is 15.6. The van der Waals surface area contributed by atoms with Crippen LogP contribution in [-0.4, -0.2) is 38.9 Å². The average molecular weight is 416 g/mol. The van der Waals surface area contributed by atoms with Gasteiger partial charge in [0.2, 0.25) is 17.6 Å². The van der Waals surface area contributed by atoms with Crippen LogP contribution in [0.2, 0.25) is 5.02 Å². The van der Waals surface area contributed by atoms with Crippen LogP contribution in [0.5, 0.6) is 0 Å². The lowest BCUT2D eigenvalue weighted by Crippen LogP contribution is -2.44. The van der Waals surface area contributed by atoms with Gasteiger partial charge in [-0.15, -0.1) is 0 Å². The van der Waals surface area contributed by atoms with Crippen LogP contribution in [0, 0.1) is 11.8 Å². The monoisotopic (exact) mass is 415 g/mol. The first-order valence-electron chi connectivity index (χ1n) is 9.23. The van der Waals surface area contributed by atoms with E-state index in [4.69, 9.17) is 20.9 Å². The molecule has 1 aromatic heterocycles. The first-order valence-corrected chi connectivity index (χ1v) is 9.60. The molecule has 3 atom stereocenters. The standard InChI is InChI=1S/C20H18ClN3O5/c1-11(24-18(25)14-4-2-3-5-15(14)19(24)26)20(27)28-10-16-22-17(23-29-16)12-6-8-13(21)9-7-12/h2-3,6-9,11,14-15H,4-5,10H2,1H3/t11-,14-,15+/m0/s1. The molecule has 1 aliphatic heterocycles. The number of halogens is 1. The number of hydrogen-bond acceptors (Lipinski definition) is 7. The minimum Gasteiger partial charge on any atom is -0.454 e. The topological polar surface area (TPSA) is 103 Å². The number of fused-ring (bicyclic) bond motifs is 1. The summed E-state index contributed by atoms with van der Waals surface area (Å²) < 4.78 is 10.3. The molecule has 0 spiro atoms. The molecule has 0 radical (unpaired) electrons. The lowest BCUT2D eigenvalue weighted by molar-refractivity contribution is -0.159. The number of rotatable bonds is 5. The molecule has 2 amide bonds. The molecular formula is C20H18ClN3O5. The maximum absolute atomic E-state index is 12.6. The zero-order valence-corrected chi connectivity index (χ0v) is 16.3. The van der Waals surface area contributed by atoms with Crippen molar-refractivity contribution in [3.05, 3.63) is 47.3 Å². The number of benzene rings is 1. The molecule has 2 aromatic rings. The summed E-state index contributed by atoms with van der Waals surface area (Å²) in [6.45, 7) is 1.23. The van der Waals surface area contributed by atoms with Crippen molar-refractivity contribution in [1.29, 1.82) is 0 Å². The molecule has 0 bridgehead atoms. The number of imide groups is 1. The van der Waals surface area contributed by atoms with Gasteiger partial charge >= 0.3 is 5.97 Å². The van der Waals surface area contributed by atoms with Gasteiger partial charge in [0.05, 0.1) is 11.8 Å². The summed E-state index contributed by atoms with van der Waals surface area (Å²) in [5.74, 6) is -1.69. The number of amides is 2. The maximum Gasteiger partial charge on any atom is 0.329 e. The number of hydrogen-bond donors (Lipinski definition) is 0. The lowest BCUT2D eigenvalue weighted by atomic mass is 9.85. The highest BCUT2D eigenvalue weighted by molar-refractivity contribution is 6.30. The molecule has 2 aliphatic rings. The van der Waals surface area contributed by atoms with E-state index in [1.165, 1.54) is 6.92 Å². The van der Waals surface area contributed by atoms with Crippen LogP contribution in [0.4, 0.5) is 0 Å². The molecule has 29 heavy (non-hydrogen) atoms. The molecule has 150 valence electrons. The molecule has 1 fully saturated rings. The molecule has 4 rings (SSSR count). The van der Waals surface area contributed by atoms with Gasteiger partial charge in [-0.1, -0.05) is 28.9 Å². The summed E-state index contributed by atoms with van der Waals surface area (Å²) in [6, 6.07) is 5.87. The average Bonchev–Trinajstić information content (AvgIpc) is 3.30. The predicted octanol–water partition coefficient (Wildman–Crippen LogP) is 2.77. The second-order valence-electron chi connectivity index (χ2n) is 7.00. The number of allylic oxidation sites excluding steroid dienone is 2. The van der Waals surface area contributed by atoms with Gasteiger partial charge in [0, 0.05) is 10.6 Å².